The molecule has 1 fully saturated rings. The van der Waals surface area contributed by atoms with Gasteiger partial charge in [0.2, 0.25) is 0 Å². The molecule has 10 heavy (non-hydrogen) atoms. The summed E-state index contributed by atoms with van der Waals surface area (Å²) in [4.78, 5) is 0. The second-order valence-corrected chi connectivity index (χ2v) is 2.55. The molecule has 1 aliphatic heterocycles. The highest BCUT2D eigenvalue weighted by Gasteiger charge is 2.15. The van der Waals surface area contributed by atoms with E-state index in [4.69, 9.17) is 11.2 Å². The molecule has 0 aromatic heterocycles. The van der Waals surface area contributed by atoms with Gasteiger partial charge in [0.25, 0.3) is 0 Å². The van der Waals surface area contributed by atoms with Gasteiger partial charge in [-0.1, -0.05) is 0 Å². The number of hydrogen-bond acceptors (Lipinski definition) is 2. The summed E-state index contributed by atoms with van der Waals surface area (Å²) in [5, 5.41) is 3.18. The maximum atomic E-state index is 5.30. The summed E-state index contributed by atoms with van der Waals surface area (Å²) in [6.07, 6.45) is 5.79. The SMILES string of the molecule is C#CCCOCC1CNC1. The van der Waals surface area contributed by atoms with Gasteiger partial charge in [0.05, 0.1) is 13.2 Å². The van der Waals surface area contributed by atoms with Gasteiger partial charge in [0, 0.05) is 25.4 Å². The molecule has 0 spiro atoms. The summed E-state index contributed by atoms with van der Waals surface area (Å²) in [5.41, 5.74) is 0. The fourth-order valence-corrected chi connectivity index (χ4v) is 0.847. The maximum Gasteiger partial charge on any atom is 0.0575 e. The van der Waals surface area contributed by atoms with Crippen LogP contribution in [0.4, 0.5) is 0 Å². The number of rotatable bonds is 4. The van der Waals surface area contributed by atoms with Crippen LogP contribution in [0.2, 0.25) is 0 Å². The molecule has 1 aliphatic rings. The van der Waals surface area contributed by atoms with Crippen molar-refractivity contribution in [3.63, 3.8) is 0 Å². The molecule has 0 unspecified atom stereocenters. The van der Waals surface area contributed by atoms with Crippen LogP contribution in [0.5, 0.6) is 0 Å². The van der Waals surface area contributed by atoms with E-state index < -0.39 is 0 Å². The largest absolute Gasteiger partial charge is 0.380 e. The summed E-state index contributed by atoms with van der Waals surface area (Å²) in [5.74, 6) is 3.27. The fraction of sp³-hybridized carbons (Fsp3) is 0.750. The van der Waals surface area contributed by atoms with E-state index in [-0.39, 0.29) is 0 Å². The Morgan fingerprint density at radius 3 is 2.90 bits per heavy atom. The molecule has 2 heteroatoms. The number of ether oxygens (including phenoxy) is 1. The molecule has 56 valence electrons. The van der Waals surface area contributed by atoms with Crippen molar-refractivity contribution in [3.8, 4) is 12.3 Å². The van der Waals surface area contributed by atoms with Gasteiger partial charge >= 0.3 is 0 Å². The lowest BCUT2D eigenvalue weighted by molar-refractivity contribution is 0.0840. The standard InChI is InChI=1S/C8H13NO/c1-2-3-4-10-7-8-5-9-6-8/h1,8-9H,3-7H2. The van der Waals surface area contributed by atoms with E-state index in [0.717, 1.165) is 32.0 Å². The van der Waals surface area contributed by atoms with Crippen molar-refractivity contribution >= 4 is 0 Å². The lowest BCUT2D eigenvalue weighted by Crippen LogP contribution is -2.44. The van der Waals surface area contributed by atoms with Gasteiger partial charge in [-0.15, -0.1) is 12.3 Å². The zero-order chi connectivity index (χ0) is 7.23. The van der Waals surface area contributed by atoms with E-state index in [9.17, 15) is 0 Å². The Morgan fingerprint density at radius 2 is 2.40 bits per heavy atom. The Bertz CT molecular complexity index is 124. The highest BCUT2D eigenvalue weighted by atomic mass is 16.5. The third-order valence-electron chi connectivity index (χ3n) is 1.61. The van der Waals surface area contributed by atoms with Crippen LogP contribution >= 0.6 is 0 Å². The Kier molecular flexibility index (Phi) is 3.28. The van der Waals surface area contributed by atoms with Crippen LogP contribution in [0.1, 0.15) is 6.42 Å². The minimum Gasteiger partial charge on any atom is -0.380 e. The second-order valence-electron chi connectivity index (χ2n) is 2.55. The van der Waals surface area contributed by atoms with E-state index in [2.05, 4.69) is 11.2 Å². The quantitative estimate of drug-likeness (QED) is 0.445. The number of hydrogen-bond donors (Lipinski definition) is 1. The zero-order valence-electron chi connectivity index (χ0n) is 6.10. The lowest BCUT2D eigenvalue weighted by Gasteiger charge is -2.26. The molecule has 1 N–H and O–H groups in total. The van der Waals surface area contributed by atoms with Crippen molar-refractivity contribution in [2.75, 3.05) is 26.3 Å². The van der Waals surface area contributed by atoms with Crippen molar-refractivity contribution < 1.29 is 4.74 Å². The minimum atomic E-state index is 0.715. The molecule has 0 amide bonds. The summed E-state index contributed by atoms with van der Waals surface area (Å²) in [7, 11) is 0. The Morgan fingerprint density at radius 1 is 1.60 bits per heavy atom. The average Bonchev–Trinajstić information content (AvgIpc) is 1.84. The van der Waals surface area contributed by atoms with Crippen LogP contribution in [-0.2, 0) is 4.74 Å². The first kappa shape index (κ1) is 7.59. The molecule has 0 aromatic carbocycles. The Labute approximate surface area is 62.0 Å². The van der Waals surface area contributed by atoms with Crippen molar-refractivity contribution in [1.82, 2.24) is 5.32 Å². The van der Waals surface area contributed by atoms with Gasteiger partial charge in [0.1, 0.15) is 0 Å². The molecule has 0 atom stereocenters. The third-order valence-corrected chi connectivity index (χ3v) is 1.61. The van der Waals surface area contributed by atoms with Gasteiger partial charge in [-0.2, -0.15) is 0 Å². The predicted molar refractivity (Wildman–Crippen MR) is 40.6 cm³/mol. The molecule has 1 rings (SSSR count). The molecule has 0 aliphatic carbocycles. The third kappa shape index (κ3) is 2.38. The van der Waals surface area contributed by atoms with E-state index in [0.29, 0.717) is 6.61 Å². The Hall–Kier alpha value is -0.520. The van der Waals surface area contributed by atoms with Crippen LogP contribution in [0, 0.1) is 18.3 Å². The average molecular weight is 139 g/mol. The van der Waals surface area contributed by atoms with E-state index >= 15 is 0 Å². The first-order valence-corrected chi connectivity index (χ1v) is 3.65. The summed E-state index contributed by atoms with van der Waals surface area (Å²) >= 11 is 0. The van der Waals surface area contributed by atoms with Crippen LogP contribution < -0.4 is 5.32 Å². The summed E-state index contributed by atoms with van der Waals surface area (Å²) in [6.45, 7) is 3.80. The van der Waals surface area contributed by atoms with Crippen LogP contribution in [-0.4, -0.2) is 26.3 Å². The molecule has 0 radical (unpaired) electrons. The fourth-order valence-electron chi connectivity index (χ4n) is 0.847. The molecular weight excluding hydrogens is 126 g/mol. The normalized spacial score (nSPS) is 17.9. The van der Waals surface area contributed by atoms with E-state index in [1.807, 2.05) is 0 Å². The number of terminal acetylenes is 1. The topological polar surface area (TPSA) is 21.3 Å². The van der Waals surface area contributed by atoms with E-state index in [1.54, 1.807) is 0 Å². The zero-order valence-corrected chi connectivity index (χ0v) is 6.10. The predicted octanol–water partition coefficient (Wildman–Crippen LogP) is 0.246. The molecule has 1 saturated heterocycles. The molecule has 0 bridgehead atoms. The molecule has 0 saturated carbocycles. The number of nitrogens with one attached hydrogen (secondary N) is 1. The molecular formula is C8H13NO. The van der Waals surface area contributed by atoms with E-state index in [1.165, 1.54) is 0 Å². The molecule has 2 nitrogen and oxygen atoms in total. The van der Waals surface area contributed by atoms with Gasteiger partial charge < -0.3 is 10.1 Å². The minimum absolute atomic E-state index is 0.715. The lowest BCUT2D eigenvalue weighted by atomic mass is 10.1. The first-order valence-electron chi connectivity index (χ1n) is 3.65. The highest BCUT2D eigenvalue weighted by Crippen LogP contribution is 2.02. The van der Waals surface area contributed by atoms with Crippen molar-refractivity contribution in [2.24, 2.45) is 5.92 Å². The smallest absolute Gasteiger partial charge is 0.0575 e. The highest BCUT2D eigenvalue weighted by molar-refractivity contribution is 4.83. The molecule has 1 heterocycles. The van der Waals surface area contributed by atoms with Gasteiger partial charge in [0.15, 0.2) is 0 Å². The van der Waals surface area contributed by atoms with Crippen molar-refractivity contribution in [2.45, 2.75) is 6.42 Å². The first-order chi connectivity index (χ1) is 4.93. The van der Waals surface area contributed by atoms with Crippen LogP contribution in [0.3, 0.4) is 0 Å². The maximum absolute atomic E-state index is 5.30. The van der Waals surface area contributed by atoms with Gasteiger partial charge in [-0.05, 0) is 0 Å². The van der Waals surface area contributed by atoms with Crippen molar-refractivity contribution in [1.29, 1.82) is 0 Å². The summed E-state index contributed by atoms with van der Waals surface area (Å²) < 4.78 is 5.30. The van der Waals surface area contributed by atoms with Gasteiger partial charge in [-0.25, -0.2) is 0 Å². The monoisotopic (exact) mass is 139 g/mol. The van der Waals surface area contributed by atoms with Crippen LogP contribution in [0.25, 0.3) is 0 Å². The molecule has 0 aromatic rings. The second kappa shape index (κ2) is 4.32. The summed E-state index contributed by atoms with van der Waals surface area (Å²) in [6, 6.07) is 0. The van der Waals surface area contributed by atoms with Gasteiger partial charge in [-0.3, -0.25) is 0 Å². The van der Waals surface area contributed by atoms with Crippen molar-refractivity contribution in [3.05, 3.63) is 0 Å². The van der Waals surface area contributed by atoms with Crippen LogP contribution in [0.15, 0.2) is 0 Å². The Balaban J connectivity index is 1.81.